The fourth-order valence-electron chi connectivity index (χ4n) is 0.709. The number of nitrogens with zero attached hydrogens (tertiary/aromatic N) is 1. The van der Waals surface area contributed by atoms with Crippen molar-refractivity contribution in [3.05, 3.63) is 29.6 Å². The predicted octanol–water partition coefficient (Wildman–Crippen LogP) is -0.201. The Hall–Kier alpha value is -0.900. The molecule has 1 aromatic rings. The first-order valence-corrected chi connectivity index (χ1v) is 3.03. The van der Waals surface area contributed by atoms with Crippen LogP contribution in [0.15, 0.2) is 12.3 Å². The molecule has 0 saturated carbocycles. The van der Waals surface area contributed by atoms with Gasteiger partial charge in [0.25, 0.3) is 0 Å². The van der Waals surface area contributed by atoms with Crippen molar-refractivity contribution in [1.82, 2.24) is 4.98 Å². The van der Waals surface area contributed by atoms with Crippen molar-refractivity contribution in [1.29, 1.82) is 0 Å². The van der Waals surface area contributed by atoms with Crippen molar-refractivity contribution >= 4 is 15.7 Å². The number of halogens is 2. The lowest BCUT2D eigenvalue weighted by atomic mass is 9.63. The van der Waals surface area contributed by atoms with E-state index in [-0.39, 0.29) is 0 Å². The molecular weight excluding hydrogens is 162 g/mol. The maximum absolute atomic E-state index is 12.7. The summed E-state index contributed by atoms with van der Waals surface area (Å²) in [6.45, 7) is 0. The van der Waals surface area contributed by atoms with Gasteiger partial charge in [0.05, 0.1) is 11.9 Å². The lowest BCUT2D eigenvalue weighted by Gasteiger charge is -2.17. The summed E-state index contributed by atoms with van der Waals surface area (Å²) in [6, 6.07) is 0.535. The standard InChI is InChI=1S/C6H3B2F2NO/c7-6(8,12)5-4(10)1-3(9)2-11-5/h1-2,12H. The Morgan fingerprint density at radius 2 is 2.00 bits per heavy atom. The maximum atomic E-state index is 12.7. The molecule has 0 saturated heterocycles. The van der Waals surface area contributed by atoms with Crippen molar-refractivity contribution < 1.29 is 13.9 Å². The lowest BCUT2D eigenvalue weighted by molar-refractivity contribution is 0.205. The molecular formula is C6H3B2F2NO. The van der Waals surface area contributed by atoms with Crippen molar-refractivity contribution in [3.8, 4) is 0 Å². The van der Waals surface area contributed by atoms with Gasteiger partial charge in [-0.2, -0.15) is 0 Å². The number of pyridine rings is 1. The van der Waals surface area contributed by atoms with Crippen LogP contribution in [0.3, 0.4) is 0 Å². The second kappa shape index (κ2) is 2.86. The minimum absolute atomic E-state index is 0.535. The van der Waals surface area contributed by atoms with E-state index in [0.717, 1.165) is 0 Å². The van der Waals surface area contributed by atoms with Crippen LogP contribution >= 0.6 is 0 Å². The van der Waals surface area contributed by atoms with E-state index in [1.165, 1.54) is 0 Å². The second-order valence-electron chi connectivity index (χ2n) is 2.31. The molecule has 2 nitrogen and oxygen atoms in total. The average molecular weight is 165 g/mol. The third kappa shape index (κ3) is 1.82. The topological polar surface area (TPSA) is 33.1 Å². The van der Waals surface area contributed by atoms with E-state index in [4.69, 9.17) is 20.8 Å². The van der Waals surface area contributed by atoms with Crippen molar-refractivity contribution in [3.63, 3.8) is 0 Å². The molecule has 0 aliphatic carbocycles. The fourth-order valence-corrected chi connectivity index (χ4v) is 0.709. The Morgan fingerprint density at radius 3 is 2.42 bits per heavy atom. The molecule has 4 radical (unpaired) electrons. The van der Waals surface area contributed by atoms with Crippen LogP contribution < -0.4 is 0 Å². The van der Waals surface area contributed by atoms with Crippen LogP contribution in [0.2, 0.25) is 0 Å². The van der Waals surface area contributed by atoms with E-state index in [2.05, 4.69) is 4.98 Å². The third-order valence-corrected chi connectivity index (χ3v) is 1.19. The lowest BCUT2D eigenvalue weighted by Crippen LogP contribution is -2.28. The van der Waals surface area contributed by atoms with Gasteiger partial charge in [-0.15, -0.1) is 0 Å². The Morgan fingerprint density at radius 1 is 1.42 bits per heavy atom. The molecule has 0 aromatic carbocycles. The summed E-state index contributed by atoms with van der Waals surface area (Å²) in [5.74, 6) is -1.94. The summed E-state index contributed by atoms with van der Waals surface area (Å²) < 4.78 is 25.0. The molecule has 0 aliphatic heterocycles. The molecule has 0 spiro atoms. The number of aliphatic hydroxyl groups is 1. The molecule has 1 heterocycles. The van der Waals surface area contributed by atoms with Gasteiger partial charge in [0.2, 0.25) is 0 Å². The molecule has 0 bridgehead atoms. The molecule has 0 unspecified atom stereocenters. The Labute approximate surface area is 70.4 Å². The maximum Gasteiger partial charge on any atom is 0.148 e. The normalized spacial score (nSPS) is 11.6. The van der Waals surface area contributed by atoms with Gasteiger partial charge in [-0.25, -0.2) is 8.78 Å². The highest BCUT2D eigenvalue weighted by atomic mass is 19.1. The molecule has 0 amide bonds. The van der Waals surface area contributed by atoms with Gasteiger partial charge in [-0.1, -0.05) is 0 Å². The number of hydrogen-bond donors (Lipinski definition) is 1. The zero-order valence-corrected chi connectivity index (χ0v) is 5.96. The van der Waals surface area contributed by atoms with Crippen LogP contribution in [0.5, 0.6) is 0 Å². The summed E-state index contributed by atoms with van der Waals surface area (Å²) in [4.78, 5) is 3.20. The van der Waals surface area contributed by atoms with E-state index in [9.17, 15) is 8.78 Å². The fraction of sp³-hybridized carbons (Fsp3) is 0.167. The highest BCUT2D eigenvalue weighted by molar-refractivity contribution is 6.38. The van der Waals surface area contributed by atoms with Gasteiger partial charge in [-0.3, -0.25) is 4.98 Å². The van der Waals surface area contributed by atoms with Crippen molar-refractivity contribution in [2.45, 2.75) is 5.40 Å². The first-order chi connectivity index (χ1) is 5.41. The summed E-state index contributed by atoms with van der Waals surface area (Å²) in [5, 5.41) is 6.51. The minimum atomic E-state index is -2.38. The van der Waals surface area contributed by atoms with E-state index in [1.807, 2.05) is 0 Å². The highest BCUT2D eigenvalue weighted by Gasteiger charge is 2.21. The Kier molecular flexibility index (Phi) is 2.19. The van der Waals surface area contributed by atoms with Gasteiger partial charge in [-0.05, 0) is 0 Å². The van der Waals surface area contributed by atoms with Crippen LogP contribution in [-0.4, -0.2) is 25.8 Å². The molecule has 1 rings (SSSR count). The largest absolute Gasteiger partial charge is 0.403 e. The van der Waals surface area contributed by atoms with Crippen LogP contribution in [0, 0.1) is 11.6 Å². The van der Waals surface area contributed by atoms with E-state index in [0.29, 0.717) is 12.3 Å². The summed E-state index contributed by atoms with van der Waals surface area (Å²) >= 11 is 0. The van der Waals surface area contributed by atoms with Gasteiger partial charge in [0.15, 0.2) is 0 Å². The van der Waals surface area contributed by atoms with Gasteiger partial charge in [0, 0.05) is 11.5 Å². The first kappa shape index (κ1) is 9.19. The smallest absolute Gasteiger partial charge is 0.148 e. The molecule has 1 aromatic heterocycles. The second-order valence-corrected chi connectivity index (χ2v) is 2.31. The highest BCUT2D eigenvalue weighted by Crippen LogP contribution is 2.15. The zero-order chi connectivity index (χ0) is 9.35. The molecule has 58 valence electrons. The summed E-state index contributed by atoms with van der Waals surface area (Å²) in [5.41, 5.74) is -0.594. The first-order valence-electron chi connectivity index (χ1n) is 3.03. The average Bonchev–Trinajstić information content (AvgIpc) is 1.83. The summed E-state index contributed by atoms with van der Waals surface area (Å²) in [7, 11) is 9.83. The van der Waals surface area contributed by atoms with Crippen LogP contribution in [-0.2, 0) is 5.40 Å². The van der Waals surface area contributed by atoms with Gasteiger partial charge < -0.3 is 5.11 Å². The minimum Gasteiger partial charge on any atom is -0.403 e. The molecule has 1 N–H and O–H groups in total. The predicted molar refractivity (Wildman–Crippen MR) is 39.6 cm³/mol. The number of rotatable bonds is 1. The molecule has 6 heteroatoms. The zero-order valence-electron chi connectivity index (χ0n) is 5.96. The quantitative estimate of drug-likeness (QED) is 0.584. The van der Waals surface area contributed by atoms with Crippen LogP contribution in [0.25, 0.3) is 0 Å². The Bertz CT molecular complexity index is 300. The van der Waals surface area contributed by atoms with Gasteiger partial charge in [0.1, 0.15) is 27.3 Å². The van der Waals surface area contributed by atoms with E-state index in [1.54, 1.807) is 0 Å². The number of aromatic nitrogens is 1. The van der Waals surface area contributed by atoms with E-state index < -0.39 is 22.7 Å². The van der Waals surface area contributed by atoms with Crippen molar-refractivity contribution in [2.24, 2.45) is 0 Å². The molecule has 12 heavy (non-hydrogen) atoms. The monoisotopic (exact) mass is 165 g/mol. The van der Waals surface area contributed by atoms with Gasteiger partial charge >= 0.3 is 0 Å². The molecule has 0 fully saturated rings. The SMILES string of the molecule is [B]C([B])(O)c1ncc(F)cc1F. The van der Waals surface area contributed by atoms with Crippen LogP contribution in [0.4, 0.5) is 8.78 Å². The van der Waals surface area contributed by atoms with Crippen LogP contribution in [0.1, 0.15) is 5.69 Å². The Balaban J connectivity index is 3.19. The van der Waals surface area contributed by atoms with E-state index >= 15 is 0 Å². The number of hydrogen-bond acceptors (Lipinski definition) is 2. The molecule has 0 atom stereocenters. The molecule has 0 aliphatic rings. The summed E-state index contributed by atoms with van der Waals surface area (Å²) in [6.07, 6.45) is 0.711. The third-order valence-electron chi connectivity index (χ3n) is 1.19. The van der Waals surface area contributed by atoms with Crippen molar-refractivity contribution in [2.75, 3.05) is 0 Å².